The van der Waals surface area contributed by atoms with E-state index in [0.29, 0.717) is 29.7 Å². The normalized spacial score (nSPS) is 27.7. The van der Waals surface area contributed by atoms with Gasteiger partial charge in [-0.25, -0.2) is 0 Å². The van der Waals surface area contributed by atoms with Gasteiger partial charge in [0.05, 0.1) is 4.43 Å². The van der Waals surface area contributed by atoms with Gasteiger partial charge in [-0.15, -0.1) is 0 Å². The fourth-order valence-corrected chi connectivity index (χ4v) is 3.06. The highest BCUT2D eigenvalue weighted by Crippen LogP contribution is 2.26. The van der Waals surface area contributed by atoms with E-state index in [2.05, 4.69) is 27.9 Å². The third kappa shape index (κ3) is 3.90. The number of hydrogen-bond donors (Lipinski definition) is 1. The Morgan fingerprint density at radius 2 is 1.74 bits per heavy atom. The van der Waals surface area contributed by atoms with E-state index in [-0.39, 0.29) is 23.8 Å². The van der Waals surface area contributed by atoms with Crippen LogP contribution in [0.2, 0.25) is 0 Å². The van der Waals surface area contributed by atoms with Gasteiger partial charge < -0.3 is 5.32 Å². The summed E-state index contributed by atoms with van der Waals surface area (Å²) in [6.07, 6.45) is 4.60. The lowest BCUT2D eigenvalue weighted by atomic mass is 9.85. The van der Waals surface area contributed by atoms with Gasteiger partial charge in [0.25, 0.3) is 0 Å². The zero-order valence-corrected chi connectivity index (χ0v) is 13.0. The Bertz CT molecular complexity index is 362. The summed E-state index contributed by atoms with van der Waals surface area (Å²) >= 11 is 2.06. The first-order valence-electron chi connectivity index (χ1n) is 6.78. The minimum Gasteiger partial charge on any atom is -0.353 e. The van der Waals surface area contributed by atoms with Gasteiger partial charge in [-0.2, -0.15) is 0 Å². The first-order valence-corrected chi connectivity index (χ1v) is 8.31. The molecule has 2 aliphatic rings. The Labute approximate surface area is 126 Å². The molecule has 0 unspecified atom stereocenters. The fraction of sp³-hybridized carbons (Fsp3) is 0.769. The average molecular weight is 378 g/mol. The fourth-order valence-electron chi connectivity index (χ4n) is 2.84. The summed E-state index contributed by atoms with van der Waals surface area (Å²) in [5, 5.41) is 3.01. The van der Waals surface area contributed by atoms with E-state index >= 15 is 0 Å². The molecule has 2 rings (SSSR count). The Morgan fingerprint density at radius 1 is 1.16 bits per heavy atom. The van der Waals surface area contributed by atoms with Gasteiger partial charge in [0, 0.05) is 25.4 Å². The lowest BCUT2D eigenvalue weighted by Gasteiger charge is -2.30. The number of alkyl halides is 1. The molecule has 106 valence electrons. The van der Waals surface area contributed by atoms with E-state index in [1.54, 1.807) is 0 Å². The number of halogens is 1. The smallest absolute Gasteiger partial charge is 0.230 e. The summed E-state index contributed by atoms with van der Waals surface area (Å²) in [7, 11) is 0. The maximum absolute atomic E-state index is 11.6. The highest BCUT2D eigenvalue weighted by molar-refractivity contribution is 14.1. The summed E-state index contributed by atoms with van der Waals surface area (Å²) in [5.41, 5.74) is 0. The van der Waals surface area contributed by atoms with Gasteiger partial charge in [0.1, 0.15) is 0 Å². The molecule has 5 nitrogen and oxygen atoms in total. The first kappa shape index (κ1) is 14.7. The summed E-state index contributed by atoms with van der Waals surface area (Å²) in [4.78, 5) is 35.8. The molecule has 6 heteroatoms. The molecule has 2 fully saturated rings. The Hall–Kier alpha value is -0.660. The van der Waals surface area contributed by atoms with Crippen LogP contribution in [-0.2, 0) is 14.4 Å². The van der Waals surface area contributed by atoms with Crippen LogP contribution in [0.1, 0.15) is 38.5 Å². The molecule has 0 atom stereocenters. The highest BCUT2D eigenvalue weighted by Gasteiger charge is 2.32. The molecule has 1 saturated carbocycles. The Balaban J connectivity index is 1.76. The number of hydrogen-bond acceptors (Lipinski definition) is 3. The summed E-state index contributed by atoms with van der Waals surface area (Å²) in [6.45, 7) is 0.574. The van der Waals surface area contributed by atoms with E-state index in [0.717, 1.165) is 25.7 Å². The highest BCUT2D eigenvalue weighted by atomic mass is 127. The van der Waals surface area contributed by atoms with Crippen molar-refractivity contribution in [3.05, 3.63) is 0 Å². The van der Waals surface area contributed by atoms with Crippen molar-refractivity contribution in [3.63, 3.8) is 0 Å². The quantitative estimate of drug-likeness (QED) is 0.455. The van der Waals surface area contributed by atoms with Gasteiger partial charge in [0.15, 0.2) is 0 Å². The number of carbonyl (C=O) groups is 3. The maximum atomic E-state index is 11.6. The SMILES string of the molecule is O=C(CI)NC1CCC(CN2C(=O)CCC2=O)CC1. The van der Waals surface area contributed by atoms with Crippen LogP contribution in [0.5, 0.6) is 0 Å². The number of imide groups is 1. The molecule has 0 aromatic heterocycles. The standard InChI is InChI=1S/C13H19IN2O3/c14-7-11(17)15-10-3-1-9(2-4-10)8-16-12(18)5-6-13(16)19/h9-10H,1-8H2,(H,15,17). The van der Waals surface area contributed by atoms with Crippen LogP contribution in [0.3, 0.4) is 0 Å². The monoisotopic (exact) mass is 378 g/mol. The molecular weight excluding hydrogens is 359 g/mol. The van der Waals surface area contributed by atoms with Crippen molar-refractivity contribution < 1.29 is 14.4 Å². The number of nitrogens with one attached hydrogen (secondary N) is 1. The van der Waals surface area contributed by atoms with E-state index in [1.165, 1.54) is 4.90 Å². The van der Waals surface area contributed by atoms with Crippen molar-refractivity contribution in [2.75, 3.05) is 11.0 Å². The van der Waals surface area contributed by atoms with Gasteiger partial charge in [-0.1, -0.05) is 22.6 Å². The minimum absolute atomic E-state index is 0.0228. The van der Waals surface area contributed by atoms with Crippen LogP contribution in [0.15, 0.2) is 0 Å². The third-order valence-corrected chi connectivity index (χ3v) is 4.62. The van der Waals surface area contributed by atoms with E-state index in [9.17, 15) is 14.4 Å². The van der Waals surface area contributed by atoms with Crippen molar-refractivity contribution in [1.29, 1.82) is 0 Å². The minimum atomic E-state index is -0.0228. The van der Waals surface area contributed by atoms with Crippen LogP contribution >= 0.6 is 22.6 Å². The third-order valence-electron chi connectivity index (χ3n) is 3.93. The molecule has 1 aliphatic carbocycles. The number of rotatable bonds is 4. The molecule has 0 aromatic rings. The van der Waals surface area contributed by atoms with Crippen molar-refractivity contribution in [2.45, 2.75) is 44.6 Å². The molecule has 1 N–H and O–H groups in total. The second kappa shape index (κ2) is 6.67. The molecule has 1 heterocycles. The molecule has 0 radical (unpaired) electrons. The van der Waals surface area contributed by atoms with E-state index in [1.807, 2.05) is 0 Å². The van der Waals surface area contributed by atoms with Crippen LogP contribution in [0.25, 0.3) is 0 Å². The van der Waals surface area contributed by atoms with Crippen LogP contribution in [-0.4, -0.2) is 39.6 Å². The number of nitrogens with zero attached hydrogens (tertiary/aromatic N) is 1. The predicted molar refractivity (Wildman–Crippen MR) is 78.7 cm³/mol. The summed E-state index contributed by atoms with van der Waals surface area (Å²) < 4.78 is 0.495. The molecule has 1 aliphatic heterocycles. The van der Waals surface area contributed by atoms with Crippen molar-refractivity contribution in [3.8, 4) is 0 Å². The van der Waals surface area contributed by atoms with Gasteiger partial charge in [-0.3, -0.25) is 19.3 Å². The number of carbonyl (C=O) groups excluding carboxylic acids is 3. The molecule has 1 saturated heterocycles. The zero-order valence-electron chi connectivity index (χ0n) is 10.9. The lowest BCUT2D eigenvalue weighted by molar-refractivity contribution is -0.139. The topological polar surface area (TPSA) is 66.5 Å². The van der Waals surface area contributed by atoms with Crippen LogP contribution in [0.4, 0.5) is 0 Å². The summed E-state index contributed by atoms with van der Waals surface area (Å²) in [5.74, 6) is 0.448. The van der Waals surface area contributed by atoms with Gasteiger partial charge in [-0.05, 0) is 31.6 Å². The molecule has 0 spiro atoms. The molecule has 0 bridgehead atoms. The predicted octanol–water partition coefficient (Wildman–Crippen LogP) is 1.25. The molecule has 0 aromatic carbocycles. The van der Waals surface area contributed by atoms with Crippen molar-refractivity contribution in [1.82, 2.24) is 10.2 Å². The van der Waals surface area contributed by atoms with Crippen molar-refractivity contribution in [2.24, 2.45) is 5.92 Å². The number of amides is 3. The zero-order chi connectivity index (χ0) is 13.8. The van der Waals surface area contributed by atoms with Gasteiger partial charge in [0.2, 0.25) is 17.7 Å². The molecular formula is C13H19IN2O3. The number of likely N-dealkylation sites (tertiary alicyclic amines) is 1. The molecule has 19 heavy (non-hydrogen) atoms. The van der Waals surface area contributed by atoms with Crippen molar-refractivity contribution >= 4 is 40.3 Å². The van der Waals surface area contributed by atoms with Gasteiger partial charge >= 0.3 is 0 Å². The van der Waals surface area contributed by atoms with Crippen LogP contribution < -0.4 is 5.32 Å². The first-order chi connectivity index (χ1) is 9.10. The average Bonchev–Trinajstić information content (AvgIpc) is 2.72. The van der Waals surface area contributed by atoms with Crippen LogP contribution in [0, 0.1) is 5.92 Å². The second-order valence-corrected chi connectivity index (χ2v) is 6.08. The maximum Gasteiger partial charge on any atom is 0.230 e. The second-order valence-electron chi connectivity index (χ2n) is 5.32. The largest absolute Gasteiger partial charge is 0.353 e. The Kier molecular flexibility index (Phi) is 5.18. The summed E-state index contributed by atoms with van der Waals surface area (Å²) in [6, 6.07) is 0.267. The van der Waals surface area contributed by atoms with E-state index < -0.39 is 0 Å². The lowest BCUT2D eigenvalue weighted by Crippen LogP contribution is -2.41. The Morgan fingerprint density at radius 3 is 2.26 bits per heavy atom. The molecule has 3 amide bonds. The van der Waals surface area contributed by atoms with E-state index in [4.69, 9.17) is 0 Å².